The van der Waals surface area contributed by atoms with Crippen LogP contribution in [0.15, 0.2) is 58.8 Å². The molecule has 1 aliphatic carbocycles. The number of anilines is 1. The third-order valence-corrected chi connectivity index (χ3v) is 8.58. The van der Waals surface area contributed by atoms with E-state index in [1.165, 1.54) is 0 Å². The molecule has 2 amide bonds. The van der Waals surface area contributed by atoms with Crippen molar-refractivity contribution in [1.82, 2.24) is 20.2 Å². The number of piperidine rings is 1. The summed E-state index contributed by atoms with van der Waals surface area (Å²) in [4.78, 5) is 38.0. The Morgan fingerprint density at radius 2 is 1.87 bits per heavy atom. The molecular formula is C32H35FN8O4. The molecule has 2 aromatic carbocycles. The zero-order valence-electron chi connectivity index (χ0n) is 24.7. The number of ether oxygens (including phenoxy) is 2. The normalized spacial score (nSPS) is 22.3. The molecule has 0 bridgehead atoms. The number of hydrogen-bond donors (Lipinski definition) is 3. The number of nitrogens with zero attached hydrogens (tertiary/aromatic N) is 5. The number of nitrogens with one attached hydrogen (secondary N) is 2. The molecule has 1 saturated carbocycles. The first kappa shape index (κ1) is 29.1. The highest BCUT2D eigenvalue weighted by Crippen LogP contribution is 2.42. The molecule has 0 radical (unpaired) electrons. The molecule has 45 heavy (non-hydrogen) atoms. The van der Waals surface area contributed by atoms with Gasteiger partial charge >= 0.3 is 0 Å². The summed E-state index contributed by atoms with van der Waals surface area (Å²) >= 11 is 0. The lowest BCUT2D eigenvalue weighted by molar-refractivity contribution is -0.111. The predicted molar refractivity (Wildman–Crippen MR) is 167 cm³/mol. The van der Waals surface area contributed by atoms with Gasteiger partial charge in [-0.05, 0) is 78.9 Å². The van der Waals surface area contributed by atoms with Crippen LogP contribution in [0, 0.1) is 5.82 Å². The van der Waals surface area contributed by atoms with Crippen molar-refractivity contribution in [2.75, 3.05) is 44.7 Å². The molecule has 12 nitrogen and oxygen atoms in total. The lowest BCUT2D eigenvalue weighted by Gasteiger charge is -2.37. The zero-order valence-corrected chi connectivity index (χ0v) is 24.7. The number of hydrogen-bond acceptors (Lipinski definition) is 10. The van der Waals surface area contributed by atoms with E-state index in [2.05, 4.69) is 20.8 Å². The fourth-order valence-electron chi connectivity index (χ4n) is 6.04. The maximum absolute atomic E-state index is 15.2. The second-order valence-corrected chi connectivity index (χ2v) is 11.8. The number of halogens is 1. The Morgan fingerprint density at radius 3 is 2.62 bits per heavy atom. The molecule has 4 aliphatic rings. The minimum Gasteiger partial charge on any atom is -0.472 e. The first-order valence-corrected chi connectivity index (χ1v) is 15.4. The van der Waals surface area contributed by atoms with E-state index >= 15 is 4.39 Å². The predicted octanol–water partition coefficient (Wildman–Crippen LogP) is 2.81. The maximum atomic E-state index is 15.2. The number of carbonyl (C=O) groups is 2. The Bertz CT molecular complexity index is 1670. The number of amidine groups is 1. The van der Waals surface area contributed by atoms with Gasteiger partial charge < -0.3 is 25.4 Å². The largest absolute Gasteiger partial charge is 0.472 e. The van der Waals surface area contributed by atoms with E-state index in [0.29, 0.717) is 61.9 Å². The van der Waals surface area contributed by atoms with Crippen LogP contribution < -0.4 is 21.2 Å². The molecule has 2 atom stereocenters. The van der Waals surface area contributed by atoms with Crippen LogP contribution >= 0.6 is 0 Å². The number of primary amides is 1. The van der Waals surface area contributed by atoms with Crippen molar-refractivity contribution in [1.29, 1.82) is 0 Å². The monoisotopic (exact) mass is 614 g/mol. The Morgan fingerprint density at radius 1 is 1.07 bits per heavy atom. The molecule has 13 heteroatoms. The molecule has 4 N–H and O–H groups in total. The molecule has 3 aromatic rings. The lowest BCUT2D eigenvalue weighted by atomic mass is 10.0. The molecule has 1 unspecified atom stereocenters. The maximum Gasteiger partial charge on any atom is 0.272 e. The number of pyridine rings is 1. The van der Waals surface area contributed by atoms with Gasteiger partial charge in [0.15, 0.2) is 17.8 Å². The van der Waals surface area contributed by atoms with Crippen LogP contribution in [0.4, 0.5) is 10.1 Å². The molecule has 2 saturated heterocycles. The van der Waals surface area contributed by atoms with E-state index in [0.717, 1.165) is 36.6 Å². The van der Waals surface area contributed by atoms with Crippen LogP contribution in [-0.2, 0) is 9.53 Å². The van der Waals surface area contributed by atoms with Crippen LogP contribution in [0.25, 0.3) is 10.8 Å². The van der Waals surface area contributed by atoms with Crippen molar-refractivity contribution in [2.24, 2.45) is 15.8 Å². The van der Waals surface area contributed by atoms with Crippen molar-refractivity contribution >= 4 is 39.8 Å². The van der Waals surface area contributed by atoms with Gasteiger partial charge in [0, 0.05) is 43.6 Å². The SMILES string of the molecule is NC(=O)C1=NNC(N2CCC[C@@H](Oc3nccc4cc(C5CC5)cc(F)c34)C2)N=C1Nc1ccc(C(=O)N2CCOCC2)cc1. The molecule has 7 rings (SSSR count). The van der Waals surface area contributed by atoms with Crippen molar-refractivity contribution in [3.05, 3.63) is 65.6 Å². The number of rotatable bonds is 7. The van der Waals surface area contributed by atoms with Gasteiger partial charge in [0.1, 0.15) is 11.9 Å². The number of amides is 2. The van der Waals surface area contributed by atoms with Crippen molar-refractivity contribution in [3.63, 3.8) is 0 Å². The number of aromatic nitrogens is 1. The number of likely N-dealkylation sites (tertiary alicyclic amines) is 1. The quantitative estimate of drug-likeness (QED) is 0.368. The van der Waals surface area contributed by atoms with E-state index in [1.54, 1.807) is 41.4 Å². The average molecular weight is 615 g/mol. The third kappa shape index (κ3) is 6.31. The number of benzene rings is 2. The molecule has 1 aromatic heterocycles. The third-order valence-electron chi connectivity index (χ3n) is 8.58. The van der Waals surface area contributed by atoms with Gasteiger partial charge in [-0.3, -0.25) is 19.9 Å². The zero-order chi connectivity index (χ0) is 30.9. The molecular weight excluding hydrogens is 579 g/mol. The average Bonchev–Trinajstić information content (AvgIpc) is 3.91. The highest BCUT2D eigenvalue weighted by molar-refractivity contribution is 6.68. The van der Waals surface area contributed by atoms with E-state index < -0.39 is 12.2 Å². The number of carbonyl (C=O) groups excluding carboxylic acids is 2. The number of morpholine rings is 1. The van der Waals surface area contributed by atoms with E-state index in [1.807, 2.05) is 17.0 Å². The smallest absolute Gasteiger partial charge is 0.272 e. The minimum absolute atomic E-state index is 0.0365. The number of aliphatic imine (C=N–C) groups is 1. The summed E-state index contributed by atoms with van der Waals surface area (Å²) in [6, 6.07) is 12.4. The van der Waals surface area contributed by atoms with Gasteiger partial charge in [0.25, 0.3) is 11.8 Å². The highest BCUT2D eigenvalue weighted by atomic mass is 19.1. The Balaban J connectivity index is 1.05. The first-order chi connectivity index (χ1) is 21.9. The van der Waals surface area contributed by atoms with Crippen molar-refractivity contribution < 1.29 is 23.5 Å². The topological polar surface area (TPSA) is 147 Å². The summed E-state index contributed by atoms with van der Waals surface area (Å²) in [5.41, 5.74) is 10.7. The molecule has 4 heterocycles. The van der Waals surface area contributed by atoms with Crippen LogP contribution in [0.5, 0.6) is 5.88 Å². The summed E-state index contributed by atoms with van der Waals surface area (Å²) in [5.74, 6) is -0.170. The van der Waals surface area contributed by atoms with Gasteiger partial charge in [-0.2, -0.15) is 5.10 Å². The van der Waals surface area contributed by atoms with Crippen LogP contribution in [-0.4, -0.2) is 89.9 Å². The van der Waals surface area contributed by atoms with Gasteiger partial charge in [-0.15, -0.1) is 0 Å². The second kappa shape index (κ2) is 12.4. The first-order valence-electron chi connectivity index (χ1n) is 15.4. The van der Waals surface area contributed by atoms with Crippen molar-refractivity contribution in [3.8, 4) is 5.88 Å². The summed E-state index contributed by atoms with van der Waals surface area (Å²) in [5, 5.41) is 8.57. The van der Waals surface area contributed by atoms with Crippen LogP contribution in [0.3, 0.4) is 0 Å². The Kier molecular flexibility index (Phi) is 8.03. The van der Waals surface area contributed by atoms with Gasteiger partial charge in [-0.25, -0.2) is 14.4 Å². The fraction of sp³-hybridized carbons (Fsp3) is 0.406. The van der Waals surface area contributed by atoms with Gasteiger partial charge in [0.05, 0.1) is 18.6 Å². The Hall–Kier alpha value is -4.62. The molecule has 3 aliphatic heterocycles. The summed E-state index contributed by atoms with van der Waals surface area (Å²) in [7, 11) is 0. The molecule has 0 spiro atoms. The fourth-order valence-corrected chi connectivity index (χ4v) is 6.04. The number of hydrazone groups is 1. The minimum atomic E-state index is -0.736. The van der Waals surface area contributed by atoms with E-state index in [-0.39, 0.29) is 35.3 Å². The van der Waals surface area contributed by atoms with Crippen LogP contribution in [0.2, 0.25) is 0 Å². The van der Waals surface area contributed by atoms with Crippen molar-refractivity contribution in [2.45, 2.75) is 44.0 Å². The highest BCUT2D eigenvalue weighted by Gasteiger charge is 2.32. The molecule has 234 valence electrons. The lowest BCUT2D eigenvalue weighted by Crippen LogP contribution is -2.54. The summed E-state index contributed by atoms with van der Waals surface area (Å²) in [6.45, 7) is 3.35. The summed E-state index contributed by atoms with van der Waals surface area (Å²) in [6.07, 6.45) is 4.58. The standard InChI is InChI=1S/C32H35FN8O4/c33-25-17-22(19-3-4-19)16-21-9-10-35-30(26(21)25)45-24-2-1-11-41(18-24)32-37-29(27(28(34)42)38-39-32)36-23-7-5-20(6-8-23)31(43)40-12-14-44-15-13-40/h5-10,16-17,19,24,32,39H,1-4,11-15,18H2,(H2,34,42)(H,36,37)/t24-,32?/m1/s1. The van der Waals surface area contributed by atoms with Gasteiger partial charge in [0.2, 0.25) is 5.88 Å². The number of nitrogens with two attached hydrogens (primary N) is 1. The van der Waals surface area contributed by atoms with Gasteiger partial charge in [-0.1, -0.05) is 6.07 Å². The Labute approximate surface area is 259 Å². The van der Waals surface area contributed by atoms with E-state index in [4.69, 9.17) is 20.2 Å². The van der Waals surface area contributed by atoms with Crippen LogP contribution in [0.1, 0.15) is 47.5 Å². The van der Waals surface area contributed by atoms with E-state index in [9.17, 15) is 9.59 Å². The second-order valence-electron chi connectivity index (χ2n) is 11.8. The molecule has 3 fully saturated rings. The summed E-state index contributed by atoms with van der Waals surface area (Å²) < 4.78 is 26.9. The number of fused-ring (bicyclic) bond motifs is 1.